The van der Waals surface area contributed by atoms with Crippen molar-refractivity contribution in [2.75, 3.05) is 13.6 Å². The highest BCUT2D eigenvalue weighted by Crippen LogP contribution is 2.44. The number of rotatable bonds is 8. The Morgan fingerprint density at radius 1 is 1.60 bits per heavy atom. The van der Waals surface area contributed by atoms with E-state index < -0.39 is 19.5 Å². The van der Waals surface area contributed by atoms with Crippen molar-refractivity contribution < 1.29 is 8.99 Å². The molecule has 0 aliphatic carbocycles. The molecule has 2 unspecified atom stereocenters. The van der Waals surface area contributed by atoms with Gasteiger partial charge in [0.1, 0.15) is 0 Å². The Labute approximate surface area is 94.7 Å². The van der Waals surface area contributed by atoms with Crippen molar-refractivity contribution in [1.29, 1.82) is 0 Å². The number of carbonyl (C=O) groups is 1. The number of hydrogen-bond donors (Lipinski definition) is 4. The van der Waals surface area contributed by atoms with Crippen molar-refractivity contribution in [3.05, 3.63) is 0 Å². The summed E-state index contributed by atoms with van der Waals surface area (Å²) >= 11 is 0.846. The molecule has 0 aromatic carbocycles. The molecule has 0 fully saturated rings. The molecule has 6 N–H and O–H groups in total. The lowest BCUT2D eigenvalue weighted by molar-refractivity contribution is -0.120. The summed E-state index contributed by atoms with van der Waals surface area (Å²) in [5.41, 5.74) is 10.9. The smallest absolute Gasteiger partial charge is 0.261 e. The van der Waals surface area contributed by atoms with E-state index in [-0.39, 0.29) is 0 Å². The largest absolute Gasteiger partial charge is 0.330 e. The van der Waals surface area contributed by atoms with Crippen LogP contribution in [0.4, 0.5) is 4.20 Å². The molecule has 0 aliphatic heterocycles. The zero-order valence-corrected chi connectivity index (χ0v) is 10.4. The minimum Gasteiger partial charge on any atom is -0.330 e. The lowest BCUT2D eigenvalue weighted by Gasteiger charge is -2.13. The van der Waals surface area contributed by atoms with Crippen molar-refractivity contribution in [3.63, 3.8) is 0 Å². The standard InChI is InChI=1S/C7H18FN4OPS/c1-11-15-14(8)12-7(13)6(10)4-2-3-5-9/h6,11H,2-5,9-10H2,1H3,(H,12,13). The van der Waals surface area contributed by atoms with Crippen LogP contribution in [0.1, 0.15) is 19.3 Å². The first-order chi connectivity index (χ1) is 7.11. The molecule has 0 saturated carbocycles. The van der Waals surface area contributed by atoms with Crippen LogP contribution in [0.3, 0.4) is 0 Å². The average molecular weight is 256 g/mol. The Bertz CT molecular complexity index is 188. The quantitative estimate of drug-likeness (QED) is 0.290. The van der Waals surface area contributed by atoms with Crippen molar-refractivity contribution in [3.8, 4) is 0 Å². The highest BCUT2D eigenvalue weighted by Gasteiger charge is 2.17. The van der Waals surface area contributed by atoms with E-state index in [1.54, 1.807) is 7.05 Å². The Kier molecular flexibility index (Phi) is 9.33. The van der Waals surface area contributed by atoms with Crippen LogP contribution in [0.5, 0.6) is 0 Å². The maximum absolute atomic E-state index is 13.0. The summed E-state index contributed by atoms with van der Waals surface area (Å²) in [6, 6.07) is -0.644. The third-order valence-corrected chi connectivity index (χ3v) is 3.72. The third-order valence-electron chi connectivity index (χ3n) is 1.68. The van der Waals surface area contributed by atoms with Crippen LogP contribution >= 0.6 is 19.2 Å². The second kappa shape index (κ2) is 9.30. The van der Waals surface area contributed by atoms with Crippen LogP contribution in [0.25, 0.3) is 0 Å². The Morgan fingerprint density at radius 3 is 2.80 bits per heavy atom. The van der Waals surface area contributed by atoms with E-state index in [4.69, 9.17) is 11.5 Å². The van der Waals surface area contributed by atoms with Gasteiger partial charge in [-0.3, -0.25) is 14.6 Å². The fraction of sp³-hybridized carbons (Fsp3) is 0.857. The monoisotopic (exact) mass is 256 g/mol. The molecule has 0 radical (unpaired) electrons. The van der Waals surface area contributed by atoms with Gasteiger partial charge in [-0.2, -0.15) is 4.20 Å². The molecule has 5 nitrogen and oxygen atoms in total. The average Bonchev–Trinajstić information content (AvgIpc) is 2.18. The molecular weight excluding hydrogens is 238 g/mol. The van der Waals surface area contributed by atoms with E-state index in [1.165, 1.54) is 0 Å². The van der Waals surface area contributed by atoms with Gasteiger partial charge in [0.05, 0.1) is 6.04 Å². The first-order valence-electron chi connectivity index (χ1n) is 4.67. The van der Waals surface area contributed by atoms with Crippen LogP contribution in [-0.2, 0) is 4.79 Å². The van der Waals surface area contributed by atoms with Crippen LogP contribution in [-0.4, -0.2) is 25.5 Å². The van der Waals surface area contributed by atoms with Gasteiger partial charge in [0.2, 0.25) is 5.91 Å². The minimum absolute atomic E-state index is 0.441. The maximum Gasteiger partial charge on any atom is 0.261 e. The van der Waals surface area contributed by atoms with E-state index >= 15 is 0 Å². The Balaban J connectivity index is 3.68. The summed E-state index contributed by atoms with van der Waals surface area (Å²) in [4.78, 5) is 11.3. The normalized spacial score (nSPS) is 14.7. The third kappa shape index (κ3) is 7.93. The number of hydrogen-bond acceptors (Lipinski definition) is 5. The predicted octanol–water partition coefficient (Wildman–Crippen LogP) is 0.623. The number of amides is 1. The Morgan fingerprint density at radius 2 is 2.27 bits per heavy atom. The van der Waals surface area contributed by atoms with Gasteiger partial charge >= 0.3 is 0 Å². The highest BCUT2D eigenvalue weighted by molar-refractivity contribution is 8.52. The van der Waals surface area contributed by atoms with E-state index in [2.05, 4.69) is 9.81 Å². The number of halogens is 1. The van der Waals surface area contributed by atoms with Crippen molar-refractivity contribution >= 4 is 25.1 Å². The van der Waals surface area contributed by atoms with Gasteiger partial charge in [0.25, 0.3) is 7.58 Å². The van der Waals surface area contributed by atoms with Crippen molar-refractivity contribution in [2.24, 2.45) is 11.5 Å². The number of nitrogens with two attached hydrogens (primary N) is 2. The summed E-state index contributed by atoms with van der Waals surface area (Å²) in [6.45, 7) is 0.583. The predicted molar refractivity (Wildman–Crippen MR) is 63.7 cm³/mol. The molecule has 2 atom stereocenters. The molecule has 0 spiro atoms. The summed E-state index contributed by atoms with van der Waals surface area (Å²) < 4.78 is 15.5. The molecule has 0 rings (SSSR count). The lowest BCUT2D eigenvalue weighted by atomic mass is 10.1. The molecule has 8 heteroatoms. The summed E-state index contributed by atoms with van der Waals surface area (Å²) in [6.07, 6.45) is 2.15. The molecular formula is C7H18FN4OPS. The molecule has 0 aromatic heterocycles. The van der Waals surface area contributed by atoms with Gasteiger partial charge in [0.15, 0.2) is 0 Å². The van der Waals surface area contributed by atoms with Gasteiger partial charge in [-0.05, 0) is 26.4 Å². The molecule has 1 amide bonds. The topological polar surface area (TPSA) is 93.2 Å². The molecule has 0 bridgehead atoms. The number of nitrogens with one attached hydrogen (secondary N) is 2. The zero-order chi connectivity index (χ0) is 11.7. The first kappa shape index (κ1) is 15.1. The van der Waals surface area contributed by atoms with Gasteiger partial charge in [-0.15, -0.1) is 0 Å². The van der Waals surface area contributed by atoms with Gasteiger partial charge < -0.3 is 11.5 Å². The minimum atomic E-state index is -2.07. The summed E-state index contributed by atoms with van der Waals surface area (Å²) in [7, 11) is -0.480. The van der Waals surface area contributed by atoms with Crippen molar-refractivity contribution in [1.82, 2.24) is 9.81 Å². The fourth-order valence-corrected chi connectivity index (χ4v) is 2.34. The number of carbonyl (C=O) groups excluding carboxylic acids is 1. The summed E-state index contributed by atoms with van der Waals surface area (Å²) in [5.74, 6) is -0.441. The Hall–Kier alpha value is 0.0600. The first-order valence-corrected chi connectivity index (χ1v) is 7.33. The fourth-order valence-electron chi connectivity index (χ4n) is 0.912. The van der Waals surface area contributed by atoms with E-state index in [9.17, 15) is 8.99 Å². The molecule has 0 aromatic rings. The second-order valence-electron chi connectivity index (χ2n) is 2.91. The van der Waals surface area contributed by atoms with Crippen LogP contribution < -0.4 is 21.3 Å². The second-order valence-corrected chi connectivity index (χ2v) is 5.72. The number of unbranched alkanes of at least 4 members (excludes halogenated alkanes) is 1. The lowest BCUT2D eigenvalue weighted by Crippen LogP contribution is -2.37. The summed E-state index contributed by atoms with van der Waals surface area (Å²) in [5, 5.41) is 2.21. The molecule has 0 aliphatic rings. The van der Waals surface area contributed by atoms with E-state index in [0.717, 1.165) is 24.4 Å². The molecule has 90 valence electrons. The van der Waals surface area contributed by atoms with Gasteiger partial charge in [-0.1, -0.05) is 6.42 Å². The van der Waals surface area contributed by atoms with E-state index in [1.807, 2.05) is 0 Å². The van der Waals surface area contributed by atoms with Crippen LogP contribution in [0.2, 0.25) is 0 Å². The molecule has 15 heavy (non-hydrogen) atoms. The van der Waals surface area contributed by atoms with Crippen LogP contribution in [0.15, 0.2) is 0 Å². The van der Waals surface area contributed by atoms with Crippen molar-refractivity contribution in [2.45, 2.75) is 25.3 Å². The maximum atomic E-state index is 13.0. The molecule has 0 heterocycles. The SMILES string of the molecule is CNSP(F)NC(=O)C(N)CCCCN. The van der Waals surface area contributed by atoms with Gasteiger partial charge in [-0.25, -0.2) is 0 Å². The molecule has 0 saturated heterocycles. The van der Waals surface area contributed by atoms with E-state index in [0.29, 0.717) is 13.0 Å². The van der Waals surface area contributed by atoms with Gasteiger partial charge in [0, 0.05) is 11.6 Å². The highest BCUT2D eigenvalue weighted by atomic mass is 32.7. The van der Waals surface area contributed by atoms with Crippen LogP contribution in [0, 0.1) is 0 Å². The zero-order valence-electron chi connectivity index (χ0n) is 8.70.